The Bertz CT molecular complexity index is 861. The van der Waals surface area contributed by atoms with Crippen molar-refractivity contribution in [3.8, 4) is 0 Å². The highest BCUT2D eigenvalue weighted by Crippen LogP contribution is 2.21. The lowest BCUT2D eigenvalue weighted by Gasteiger charge is -2.26. The van der Waals surface area contributed by atoms with E-state index in [9.17, 15) is 14.4 Å². The van der Waals surface area contributed by atoms with Gasteiger partial charge in [0.05, 0.1) is 12.0 Å². The minimum absolute atomic E-state index is 0.123. The zero-order valence-corrected chi connectivity index (χ0v) is 13.6. The molecule has 1 fully saturated rings. The molecule has 25 heavy (non-hydrogen) atoms. The fourth-order valence-corrected chi connectivity index (χ4v) is 2.42. The number of rotatable bonds is 4. The van der Waals surface area contributed by atoms with Gasteiger partial charge in [0, 0.05) is 0 Å². The molecule has 1 saturated heterocycles. The van der Waals surface area contributed by atoms with Crippen LogP contribution in [-0.4, -0.2) is 17.8 Å². The summed E-state index contributed by atoms with van der Waals surface area (Å²) in [6, 6.07) is 9.75. The monoisotopic (exact) mass is 336 g/mol. The number of nitrogens with zero attached hydrogens (tertiary/aromatic N) is 1. The van der Waals surface area contributed by atoms with Crippen molar-refractivity contribution in [1.82, 2.24) is 5.32 Å². The van der Waals surface area contributed by atoms with Crippen molar-refractivity contribution in [2.75, 3.05) is 4.90 Å². The molecule has 126 valence electrons. The Morgan fingerprint density at radius 3 is 2.52 bits per heavy atom. The molecular formula is C19H16N2O4. The number of benzene rings is 1. The van der Waals surface area contributed by atoms with Crippen molar-refractivity contribution >= 4 is 29.6 Å². The lowest BCUT2D eigenvalue weighted by molar-refractivity contribution is -0.122. The Morgan fingerprint density at radius 1 is 1.12 bits per heavy atom. The van der Waals surface area contributed by atoms with E-state index in [4.69, 9.17) is 4.42 Å². The zero-order valence-electron chi connectivity index (χ0n) is 13.6. The first-order valence-electron chi connectivity index (χ1n) is 7.80. The molecule has 0 bridgehead atoms. The number of anilines is 1. The molecule has 4 amide bonds. The Labute approximate surface area is 144 Å². The molecule has 0 saturated carbocycles. The van der Waals surface area contributed by atoms with Crippen LogP contribution in [0.4, 0.5) is 10.5 Å². The Morgan fingerprint density at radius 2 is 1.88 bits per heavy atom. The van der Waals surface area contributed by atoms with Gasteiger partial charge in [0.1, 0.15) is 11.3 Å². The number of hydrogen-bond acceptors (Lipinski definition) is 4. The lowest BCUT2D eigenvalue weighted by Crippen LogP contribution is -2.54. The van der Waals surface area contributed by atoms with Crippen molar-refractivity contribution in [3.05, 3.63) is 71.7 Å². The van der Waals surface area contributed by atoms with Crippen molar-refractivity contribution < 1.29 is 18.8 Å². The van der Waals surface area contributed by atoms with Gasteiger partial charge in [-0.3, -0.25) is 14.9 Å². The number of furan rings is 1. The number of allylic oxidation sites excluding steroid dienone is 2. The molecule has 3 rings (SSSR count). The van der Waals surface area contributed by atoms with Gasteiger partial charge in [0.2, 0.25) is 0 Å². The van der Waals surface area contributed by atoms with Gasteiger partial charge in [0.25, 0.3) is 11.8 Å². The molecule has 1 aliphatic rings. The average molecular weight is 336 g/mol. The number of amides is 4. The van der Waals surface area contributed by atoms with Crippen molar-refractivity contribution in [1.29, 1.82) is 0 Å². The minimum atomic E-state index is -0.758. The Hall–Kier alpha value is -3.41. The molecule has 0 unspecified atom stereocenters. The van der Waals surface area contributed by atoms with E-state index in [1.54, 1.807) is 30.3 Å². The van der Waals surface area contributed by atoms with Crippen LogP contribution in [-0.2, 0) is 16.0 Å². The third-order valence-electron chi connectivity index (χ3n) is 3.77. The quantitative estimate of drug-likeness (QED) is 0.687. The summed E-state index contributed by atoms with van der Waals surface area (Å²) in [5, 5.41) is 2.18. The molecule has 6 nitrogen and oxygen atoms in total. The maximum absolute atomic E-state index is 12.6. The zero-order chi connectivity index (χ0) is 17.8. The van der Waals surface area contributed by atoms with Crippen LogP contribution in [0.5, 0.6) is 0 Å². The van der Waals surface area contributed by atoms with Gasteiger partial charge in [-0.15, -0.1) is 0 Å². The van der Waals surface area contributed by atoms with E-state index in [0.717, 1.165) is 16.9 Å². The average Bonchev–Trinajstić information content (AvgIpc) is 3.11. The van der Waals surface area contributed by atoms with Gasteiger partial charge in [-0.25, -0.2) is 9.69 Å². The molecule has 1 aromatic carbocycles. The number of urea groups is 1. The lowest BCUT2D eigenvalue weighted by atomic mass is 10.1. The molecule has 1 N–H and O–H groups in total. The van der Waals surface area contributed by atoms with E-state index >= 15 is 0 Å². The van der Waals surface area contributed by atoms with E-state index in [2.05, 4.69) is 5.32 Å². The van der Waals surface area contributed by atoms with Crippen LogP contribution < -0.4 is 10.2 Å². The molecule has 2 aromatic rings. The van der Waals surface area contributed by atoms with Gasteiger partial charge in [-0.1, -0.05) is 25.1 Å². The maximum atomic E-state index is 12.6. The summed E-state index contributed by atoms with van der Waals surface area (Å²) in [4.78, 5) is 37.6. The van der Waals surface area contributed by atoms with Crippen LogP contribution in [0.3, 0.4) is 0 Å². The smallest absolute Gasteiger partial charge is 0.335 e. The third-order valence-corrected chi connectivity index (χ3v) is 3.77. The molecular weight excluding hydrogens is 320 g/mol. The second kappa shape index (κ2) is 7.00. The molecule has 1 aliphatic heterocycles. The summed E-state index contributed by atoms with van der Waals surface area (Å²) in [6.07, 6.45) is 6.87. The molecule has 0 atom stereocenters. The summed E-state index contributed by atoms with van der Waals surface area (Å²) in [5.74, 6) is -0.800. The highest BCUT2D eigenvalue weighted by atomic mass is 16.3. The fraction of sp³-hybridized carbons (Fsp3) is 0.105. The summed E-state index contributed by atoms with van der Waals surface area (Å²) >= 11 is 0. The first-order chi connectivity index (χ1) is 12.1. The van der Waals surface area contributed by atoms with Crippen LogP contribution in [0.25, 0.3) is 6.08 Å². The number of barbiturate groups is 1. The fourth-order valence-electron chi connectivity index (χ4n) is 2.42. The molecule has 0 radical (unpaired) electrons. The standard InChI is InChI=1S/C19H16N2O4/c1-2-13-8-10-14(11-9-13)21-18(23)16(17(22)20-19(21)24)7-3-5-15-6-4-12-25-15/h3-12H,2H2,1H3,(H,20,22,24). The highest BCUT2D eigenvalue weighted by Gasteiger charge is 2.36. The Balaban J connectivity index is 1.88. The predicted molar refractivity (Wildman–Crippen MR) is 92.7 cm³/mol. The van der Waals surface area contributed by atoms with Crippen LogP contribution >= 0.6 is 0 Å². The third kappa shape index (κ3) is 3.42. The van der Waals surface area contributed by atoms with Crippen molar-refractivity contribution in [3.63, 3.8) is 0 Å². The molecule has 2 heterocycles. The molecule has 6 heteroatoms. The SMILES string of the molecule is CCc1ccc(N2C(=O)NC(=O)C(=CC=Cc3ccco3)C2=O)cc1. The summed E-state index contributed by atoms with van der Waals surface area (Å²) in [5.41, 5.74) is 1.37. The van der Waals surface area contributed by atoms with E-state index < -0.39 is 17.8 Å². The highest BCUT2D eigenvalue weighted by molar-refractivity contribution is 6.37. The van der Waals surface area contributed by atoms with Gasteiger partial charge >= 0.3 is 6.03 Å². The number of carbonyl (C=O) groups is 3. The van der Waals surface area contributed by atoms with Crippen LogP contribution in [0.2, 0.25) is 0 Å². The minimum Gasteiger partial charge on any atom is -0.465 e. The van der Waals surface area contributed by atoms with Crippen LogP contribution in [0, 0.1) is 0 Å². The van der Waals surface area contributed by atoms with Gasteiger partial charge < -0.3 is 4.42 Å². The first-order valence-corrected chi connectivity index (χ1v) is 7.80. The number of aryl methyl sites for hydroxylation is 1. The second-order valence-electron chi connectivity index (χ2n) is 5.37. The topological polar surface area (TPSA) is 79.6 Å². The maximum Gasteiger partial charge on any atom is 0.335 e. The number of carbonyl (C=O) groups excluding carboxylic acids is 3. The largest absolute Gasteiger partial charge is 0.465 e. The van der Waals surface area contributed by atoms with Gasteiger partial charge in [-0.2, -0.15) is 0 Å². The molecule has 0 aliphatic carbocycles. The second-order valence-corrected chi connectivity index (χ2v) is 5.37. The molecule has 1 aromatic heterocycles. The van der Waals surface area contributed by atoms with Crippen LogP contribution in [0.1, 0.15) is 18.2 Å². The number of hydrogen-bond donors (Lipinski definition) is 1. The van der Waals surface area contributed by atoms with Crippen molar-refractivity contribution in [2.45, 2.75) is 13.3 Å². The number of imide groups is 2. The van der Waals surface area contributed by atoms with E-state index in [1.165, 1.54) is 18.4 Å². The summed E-state index contributed by atoms with van der Waals surface area (Å²) < 4.78 is 5.14. The predicted octanol–water partition coefficient (Wildman–Crippen LogP) is 3.06. The van der Waals surface area contributed by atoms with E-state index in [-0.39, 0.29) is 5.57 Å². The summed E-state index contributed by atoms with van der Waals surface area (Å²) in [6.45, 7) is 2.01. The first kappa shape index (κ1) is 16.4. The van der Waals surface area contributed by atoms with E-state index in [0.29, 0.717) is 11.4 Å². The van der Waals surface area contributed by atoms with E-state index in [1.807, 2.05) is 19.1 Å². The molecule has 0 spiro atoms. The van der Waals surface area contributed by atoms with Crippen molar-refractivity contribution in [2.24, 2.45) is 0 Å². The van der Waals surface area contributed by atoms with Gasteiger partial charge in [0.15, 0.2) is 0 Å². The summed E-state index contributed by atoms with van der Waals surface area (Å²) in [7, 11) is 0. The number of nitrogens with one attached hydrogen (secondary N) is 1. The van der Waals surface area contributed by atoms with Gasteiger partial charge in [-0.05, 0) is 48.4 Å². The van der Waals surface area contributed by atoms with Crippen LogP contribution in [0.15, 0.2) is 64.8 Å². The normalized spacial score (nSPS) is 16.8. The Kier molecular flexibility index (Phi) is 4.61.